The summed E-state index contributed by atoms with van der Waals surface area (Å²) in [6.45, 7) is 5.31. The standard InChI is InChI=1S/C26H40BF2N3O6S/c1-17(2)26(31-39(37,38)20-11-7-8-18(3)14-20)12-13-32(25(26)34)21(15-19-9-5-4-6-10-19)24(33)30-22(27(35)36)16-23(28)29/h7-8,11,14,17,19,21-23,31,35-36H,4-6,9-10,12-13,15-16H2,1-3H3,(H,30,33)/t21-,22+,26+/m1/s1. The van der Waals surface area contributed by atoms with E-state index in [1.807, 2.05) is 0 Å². The molecule has 1 saturated carbocycles. The molecule has 0 unspecified atom stereocenters. The van der Waals surface area contributed by atoms with E-state index in [9.17, 15) is 36.8 Å². The fourth-order valence-electron chi connectivity index (χ4n) is 5.73. The summed E-state index contributed by atoms with van der Waals surface area (Å²) in [5.74, 6) is -3.26. The van der Waals surface area contributed by atoms with Crippen LogP contribution in [0.2, 0.25) is 0 Å². The van der Waals surface area contributed by atoms with Gasteiger partial charge in [0.05, 0.1) is 10.8 Å². The smallest absolute Gasteiger partial charge is 0.426 e. The summed E-state index contributed by atoms with van der Waals surface area (Å²) >= 11 is 0. The third-order valence-corrected chi connectivity index (χ3v) is 9.58. The normalized spacial score (nSPS) is 22.4. The van der Waals surface area contributed by atoms with Crippen molar-refractivity contribution < 1.29 is 36.8 Å². The van der Waals surface area contributed by atoms with Gasteiger partial charge in [-0.25, -0.2) is 17.2 Å². The predicted molar refractivity (Wildman–Crippen MR) is 143 cm³/mol. The van der Waals surface area contributed by atoms with E-state index >= 15 is 0 Å². The van der Waals surface area contributed by atoms with Gasteiger partial charge in [-0.3, -0.25) is 9.59 Å². The van der Waals surface area contributed by atoms with E-state index in [0.29, 0.717) is 0 Å². The molecule has 2 aliphatic rings. The van der Waals surface area contributed by atoms with Gasteiger partial charge in [0, 0.05) is 13.0 Å². The second kappa shape index (κ2) is 13.1. The fourth-order valence-corrected chi connectivity index (χ4v) is 7.35. The van der Waals surface area contributed by atoms with Crippen LogP contribution in [0.5, 0.6) is 0 Å². The predicted octanol–water partition coefficient (Wildman–Crippen LogP) is 2.39. The average Bonchev–Trinajstić information content (AvgIpc) is 3.18. The molecule has 1 aromatic carbocycles. The van der Waals surface area contributed by atoms with Crippen molar-refractivity contribution in [3.63, 3.8) is 0 Å². The van der Waals surface area contributed by atoms with Gasteiger partial charge in [-0.2, -0.15) is 4.72 Å². The number of hydrogen-bond donors (Lipinski definition) is 4. The number of amides is 2. The number of halogens is 2. The molecule has 9 nitrogen and oxygen atoms in total. The van der Waals surface area contributed by atoms with Crippen molar-refractivity contribution >= 4 is 29.0 Å². The zero-order valence-electron chi connectivity index (χ0n) is 22.8. The third kappa shape index (κ3) is 7.56. The SMILES string of the molecule is Cc1cccc(S(=O)(=O)N[C@]2(C(C)C)CCN([C@H](CC3CCCCC3)C(=O)N[C@@H](CC(F)F)B(O)O)C2=O)c1. The summed E-state index contributed by atoms with van der Waals surface area (Å²) in [4.78, 5) is 28.9. The maximum Gasteiger partial charge on any atom is 0.475 e. The Morgan fingerprint density at radius 3 is 2.44 bits per heavy atom. The summed E-state index contributed by atoms with van der Waals surface area (Å²) in [6.07, 6.45) is 1.28. The van der Waals surface area contributed by atoms with E-state index in [1.165, 1.54) is 17.0 Å². The first kappa shape index (κ1) is 31.4. The van der Waals surface area contributed by atoms with Gasteiger partial charge in [-0.05, 0) is 49.3 Å². The molecule has 0 aromatic heterocycles. The lowest BCUT2D eigenvalue weighted by molar-refractivity contribution is -0.142. The summed E-state index contributed by atoms with van der Waals surface area (Å²) in [7, 11) is -6.30. The Morgan fingerprint density at radius 1 is 1.21 bits per heavy atom. The van der Waals surface area contributed by atoms with Crippen LogP contribution in [0.4, 0.5) is 8.78 Å². The Hall–Kier alpha value is -2.09. The third-order valence-electron chi connectivity index (χ3n) is 8.07. The number of nitrogens with zero attached hydrogens (tertiary/aromatic N) is 1. The molecule has 3 atom stereocenters. The number of nitrogens with one attached hydrogen (secondary N) is 2. The van der Waals surface area contributed by atoms with Crippen LogP contribution < -0.4 is 10.0 Å². The van der Waals surface area contributed by atoms with Gasteiger partial charge >= 0.3 is 7.12 Å². The summed E-state index contributed by atoms with van der Waals surface area (Å²) in [5.41, 5.74) is -0.767. The van der Waals surface area contributed by atoms with E-state index in [1.54, 1.807) is 32.9 Å². The fraction of sp³-hybridized carbons (Fsp3) is 0.692. The molecule has 1 heterocycles. The van der Waals surface area contributed by atoms with Gasteiger partial charge in [0.2, 0.25) is 28.3 Å². The Morgan fingerprint density at radius 2 is 1.87 bits per heavy atom. The van der Waals surface area contributed by atoms with Gasteiger partial charge in [0.1, 0.15) is 11.6 Å². The minimum Gasteiger partial charge on any atom is -0.426 e. The topological polar surface area (TPSA) is 136 Å². The van der Waals surface area contributed by atoms with Crippen LogP contribution in [0, 0.1) is 18.8 Å². The van der Waals surface area contributed by atoms with E-state index in [4.69, 9.17) is 0 Å². The molecule has 0 bridgehead atoms. The van der Waals surface area contributed by atoms with E-state index in [0.717, 1.165) is 37.7 Å². The maximum absolute atomic E-state index is 14.0. The molecular weight excluding hydrogens is 531 g/mol. The Kier molecular flexibility index (Phi) is 10.5. The highest BCUT2D eigenvalue weighted by Gasteiger charge is 2.54. The van der Waals surface area contributed by atoms with Crippen molar-refractivity contribution in [2.24, 2.45) is 11.8 Å². The number of aryl methyl sites for hydroxylation is 1. The highest BCUT2D eigenvalue weighted by molar-refractivity contribution is 7.89. The minimum absolute atomic E-state index is 0.0250. The van der Waals surface area contributed by atoms with Gasteiger partial charge in [-0.1, -0.05) is 58.1 Å². The highest BCUT2D eigenvalue weighted by atomic mass is 32.2. The number of sulfonamides is 1. The van der Waals surface area contributed by atoms with Crippen molar-refractivity contribution in [1.29, 1.82) is 0 Å². The second-order valence-corrected chi connectivity index (χ2v) is 12.9. The molecule has 2 amide bonds. The molecule has 1 saturated heterocycles. The number of alkyl halides is 2. The monoisotopic (exact) mass is 571 g/mol. The molecule has 218 valence electrons. The molecule has 3 rings (SSSR count). The first-order valence-electron chi connectivity index (χ1n) is 13.6. The molecule has 13 heteroatoms. The Labute approximate surface area is 229 Å². The number of rotatable bonds is 12. The molecular formula is C26H40BF2N3O6S. The number of carbonyl (C=O) groups is 2. The average molecular weight is 571 g/mol. The van der Waals surface area contributed by atoms with Gasteiger partial charge in [0.25, 0.3) is 0 Å². The van der Waals surface area contributed by atoms with Crippen molar-refractivity contribution in [1.82, 2.24) is 14.9 Å². The molecule has 0 radical (unpaired) electrons. The quantitative estimate of drug-likeness (QED) is 0.285. The van der Waals surface area contributed by atoms with Crippen LogP contribution in [0.25, 0.3) is 0 Å². The zero-order valence-corrected chi connectivity index (χ0v) is 23.6. The molecule has 4 N–H and O–H groups in total. The minimum atomic E-state index is -4.09. The lowest BCUT2D eigenvalue weighted by atomic mass is 9.77. The van der Waals surface area contributed by atoms with Crippen molar-refractivity contribution in [3.8, 4) is 0 Å². The Bertz CT molecular complexity index is 1120. The lowest BCUT2D eigenvalue weighted by Gasteiger charge is -2.36. The Balaban J connectivity index is 1.91. The van der Waals surface area contributed by atoms with Crippen LogP contribution in [0.15, 0.2) is 29.2 Å². The van der Waals surface area contributed by atoms with Crippen molar-refractivity contribution in [2.45, 2.75) is 101 Å². The summed E-state index contributed by atoms with van der Waals surface area (Å²) in [6, 6.07) is 5.27. The summed E-state index contributed by atoms with van der Waals surface area (Å²) < 4.78 is 55.4. The van der Waals surface area contributed by atoms with Crippen LogP contribution in [-0.2, 0) is 19.6 Å². The first-order chi connectivity index (χ1) is 18.3. The van der Waals surface area contributed by atoms with Crippen LogP contribution in [-0.4, -0.2) is 72.8 Å². The first-order valence-corrected chi connectivity index (χ1v) is 15.1. The van der Waals surface area contributed by atoms with Gasteiger partial charge < -0.3 is 20.3 Å². The number of hydrogen-bond acceptors (Lipinski definition) is 6. The second-order valence-electron chi connectivity index (χ2n) is 11.2. The highest BCUT2D eigenvalue weighted by Crippen LogP contribution is 2.36. The molecule has 1 aliphatic carbocycles. The van der Waals surface area contributed by atoms with Crippen molar-refractivity contribution in [2.75, 3.05) is 6.54 Å². The van der Waals surface area contributed by atoms with Gasteiger partial charge in [0.15, 0.2) is 0 Å². The van der Waals surface area contributed by atoms with Crippen LogP contribution >= 0.6 is 0 Å². The van der Waals surface area contributed by atoms with Crippen molar-refractivity contribution in [3.05, 3.63) is 29.8 Å². The van der Waals surface area contributed by atoms with E-state index in [2.05, 4.69) is 10.0 Å². The summed E-state index contributed by atoms with van der Waals surface area (Å²) in [5, 5.41) is 21.5. The van der Waals surface area contributed by atoms with E-state index < -0.39 is 65.2 Å². The van der Waals surface area contributed by atoms with E-state index in [-0.39, 0.29) is 30.2 Å². The number of carbonyl (C=O) groups excluding carboxylic acids is 2. The molecule has 2 fully saturated rings. The zero-order chi connectivity index (χ0) is 29.0. The maximum atomic E-state index is 14.0. The molecule has 1 aromatic rings. The number of likely N-dealkylation sites (tertiary alicyclic amines) is 1. The molecule has 0 spiro atoms. The van der Waals surface area contributed by atoms with Crippen LogP contribution in [0.1, 0.15) is 70.8 Å². The lowest BCUT2D eigenvalue weighted by Crippen LogP contribution is -2.60. The largest absolute Gasteiger partial charge is 0.475 e. The number of benzene rings is 1. The molecule has 1 aliphatic heterocycles. The molecule has 39 heavy (non-hydrogen) atoms. The van der Waals surface area contributed by atoms with Crippen LogP contribution in [0.3, 0.4) is 0 Å². The van der Waals surface area contributed by atoms with Gasteiger partial charge in [-0.15, -0.1) is 0 Å².